The van der Waals surface area contributed by atoms with Crippen molar-refractivity contribution in [1.29, 1.82) is 0 Å². The number of hydrogen-bond donors (Lipinski definition) is 3. The van der Waals surface area contributed by atoms with Gasteiger partial charge in [-0.05, 0) is 67.7 Å². The quantitative estimate of drug-likeness (QED) is 0.554. The molecule has 0 aliphatic heterocycles. The Morgan fingerprint density at radius 1 is 1.33 bits per heavy atom. The van der Waals surface area contributed by atoms with Crippen LogP contribution in [-0.4, -0.2) is 53.0 Å². The van der Waals surface area contributed by atoms with Crippen LogP contribution in [0.15, 0.2) is 11.6 Å². The number of rotatable bonds is 4. The number of carbonyl (C=O) groups is 2. The highest BCUT2D eigenvalue weighted by Gasteiger charge is 2.68. The van der Waals surface area contributed by atoms with Gasteiger partial charge < -0.3 is 10.2 Å². The molecule has 0 heterocycles. The van der Waals surface area contributed by atoms with Crippen molar-refractivity contribution in [3.63, 3.8) is 0 Å². The maximum atomic E-state index is 13.0. The molecule has 4 aliphatic rings. The Kier molecular flexibility index (Phi) is 4.03. The van der Waals surface area contributed by atoms with E-state index in [1.54, 1.807) is 6.92 Å². The van der Waals surface area contributed by atoms with Crippen LogP contribution in [0.4, 0.5) is 0 Å². The maximum absolute atomic E-state index is 13.0. The van der Waals surface area contributed by atoms with Crippen molar-refractivity contribution in [2.45, 2.75) is 70.4 Å². The van der Waals surface area contributed by atoms with Crippen LogP contribution in [0.25, 0.3) is 0 Å². The summed E-state index contributed by atoms with van der Waals surface area (Å²) in [5.74, 6) is -4.99. The zero-order valence-electron chi connectivity index (χ0n) is 21.0. The molecule has 0 unspecified atom stereocenters. The van der Waals surface area contributed by atoms with E-state index in [1.807, 2.05) is 0 Å². The molecule has 4 rings (SSSR count). The second-order valence-corrected chi connectivity index (χ2v) is 10.4. The summed E-state index contributed by atoms with van der Waals surface area (Å²) >= 11 is 0. The zero-order valence-corrected chi connectivity index (χ0v) is 17.8. The summed E-state index contributed by atoms with van der Waals surface area (Å²) in [6, 6.07) is 0. The van der Waals surface area contributed by atoms with Crippen molar-refractivity contribution >= 4 is 22.0 Å². The lowest BCUT2D eigenvalue weighted by molar-refractivity contribution is -0.181. The Morgan fingerprint density at radius 2 is 2.03 bits per heavy atom. The first kappa shape index (κ1) is 17.4. The Hall–Kier alpha value is -1.13. The van der Waals surface area contributed by atoms with Crippen molar-refractivity contribution in [3.05, 3.63) is 11.6 Å². The molecule has 0 spiro atoms. The molecule has 0 aromatic heterocycles. The number of hydrogen-bond acceptors (Lipinski definition) is 7. The molecule has 3 saturated carbocycles. The standard InChI is InChI=1S/C21H30O8S/c1-19-7-5-13(22)9-12(19)3-4-14-15-6-8-21(25,17(24)11-29-30(26,27)28)20(15,2)10-16(23)18(14)19/h9,14-16,18,23,25H,3-8,10-11H2,1-2H3,(H,26,27,28)/t14-,15-,16-,18+,19-,20-,21-/m0/s1/i10D2,16D,18D. The van der Waals surface area contributed by atoms with Crippen LogP contribution in [0.1, 0.15) is 64.2 Å². The Morgan fingerprint density at radius 3 is 2.70 bits per heavy atom. The van der Waals surface area contributed by atoms with Crippen molar-refractivity contribution in [1.82, 2.24) is 0 Å². The van der Waals surface area contributed by atoms with Crippen LogP contribution in [0.3, 0.4) is 0 Å². The summed E-state index contributed by atoms with van der Waals surface area (Å²) in [4.78, 5) is 25.1. The zero-order chi connectivity index (χ0) is 25.8. The van der Waals surface area contributed by atoms with Gasteiger partial charge in [-0.1, -0.05) is 19.4 Å². The third kappa shape index (κ3) is 3.12. The van der Waals surface area contributed by atoms with Crippen LogP contribution in [0.5, 0.6) is 0 Å². The number of aliphatic hydroxyl groups is 2. The molecule has 4 aliphatic carbocycles. The summed E-state index contributed by atoms with van der Waals surface area (Å²) in [7, 11) is -5.01. The summed E-state index contributed by atoms with van der Waals surface area (Å²) in [5, 5.41) is 23.1. The lowest BCUT2D eigenvalue weighted by Crippen LogP contribution is -2.62. The average Bonchev–Trinajstić information content (AvgIpc) is 3.00. The minimum atomic E-state index is -5.01. The summed E-state index contributed by atoms with van der Waals surface area (Å²) in [6.07, 6.45) is -3.94. The van der Waals surface area contributed by atoms with E-state index in [0.29, 0.717) is 12.0 Å². The Balaban J connectivity index is 1.87. The van der Waals surface area contributed by atoms with Gasteiger partial charge in [0.2, 0.25) is 0 Å². The molecule has 0 bridgehead atoms. The fourth-order valence-electron chi connectivity index (χ4n) is 6.33. The molecule has 9 heteroatoms. The van der Waals surface area contributed by atoms with Crippen LogP contribution >= 0.6 is 0 Å². The van der Waals surface area contributed by atoms with Crippen molar-refractivity contribution < 1.29 is 42.4 Å². The fourth-order valence-corrected chi connectivity index (χ4v) is 6.58. The normalized spacial score (nSPS) is 54.4. The smallest absolute Gasteiger partial charge is 0.393 e. The van der Waals surface area contributed by atoms with Gasteiger partial charge in [-0.2, -0.15) is 8.42 Å². The number of ketones is 2. The molecule has 7 atom stereocenters. The van der Waals surface area contributed by atoms with E-state index >= 15 is 0 Å². The lowest BCUT2D eigenvalue weighted by Gasteiger charge is -2.60. The average molecular weight is 447 g/mol. The van der Waals surface area contributed by atoms with Gasteiger partial charge in [-0.25, -0.2) is 4.18 Å². The van der Waals surface area contributed by atoms with Crippen LogP contribution in [-0.2, 0) is 24.2 Å². The number of Topliss-reactive ketones (excluding diaryl/α,β-unsaturated/α-hetero) is 1. The van der Waals surface area contributed by atoms with Gasteiger partial charge in [0, 0.05) is 15.9 Å². The van der Waals surface area contributed by atoms with Crippen molar-refractivity contribution in [3.8, 4) is 0 Å². The molecule has 8 nitrogen and oxygen atoms in total. The van der Waals surface area contributed by atoms with Gasteiger partial charge in [0.25, 0.3) is 0 Å². The fraction of sp³-hybridized carbons (Fsp3) is 0.810. The number of fused-ring (bicyclic) bond motifs is 5. The SMILES string of the molecule is [2H]C1([2H])[C@]([2H])(O)[C@@]2([2H])[C@@H](CCC3=CC(=O)CC[C@@]32C)[C@@H]2CC[C@](O)(C(=O)COS(=O)(=O)O)[C@]21C. The molecule has 0 aromatic rings. The first-order chi connectivity index (χ1) is 15.3. The van der Waals surface area contributed by atoms with Crippen molar-refractivity contribution in [2.24, 2.45) is 28.6 Å². The van der Waals surface area contributed by atoms with Crippen LogP contribution < -0.4 is 0 Å². The second kappa shape index (κ2) is 6.93. The second-order valence-electron chi connectivity index (χ2n) is 9.32. The summed E-state index contributed by atoms with van der Waals surface area (Å²) < 4.78 is 71.3. The molecule has 0 radical (unpaired) electrons. The van der Waals surface area contributed by atoms with Gasteiger partial charge in [0.05, 0.1) is 7.45 Å². The first-order valence-corrected chi connectivity index (χ1v) is 11.5. The molecule has 3 fully saturated rings. The molecular weight excluding hydrogens is 412 g/mol. The van der Waals surface area contributed by atoms with E-state index < -0.39 is 69.4 Å². The Bertz CT molecular complexity index is 1090. The Labute approximate surface area is 182 Å². The highest BCUT2D eigenvalue weighted by molar-refractivity contribution is 7.80. The van der Waals surface area contributed by atoms with Gasteiger partial charge >= 0.3 is 10.4 Å². The molecule has 3 N–H and O–H groups in total. The third-order valence-electron chi connectivity index (χ3n) is 7.94. The van der Waals surface area contributed by atoms with E-state index in [1.165, 1.54) is 13.0 Å². The van der Waals surface area contributed by atoms with E-state index in [4.69, 9.17) is 8.67 Å². The van der Waals surface area contributed by atoms with E-state index in [9.17, 15) is 29.6 Å². The summed E-state index contributed by atoms with van der Waals surface area (Å²) in [5.41, 5.74) is -5.14. The highest BCUT2D eigenvalue weighted by atomic mass is 32.3. The lowest BCUT2D eigenvalue weighted by atomic mass is 9.45. The molecule has 168 valence electrons. The molecular formula is C21H30O8S. The largest absolute Gasteiger partial charge is 0.397 e. The van der Waals surface area contributed by atoms with E-state index in [-0.39, 0.29) is 37.9 Å². The molecule has 0 saturated heterocycles. The van der Waals surface area contributed by atoms with E-state index in [2.05, 4.69) is 4.18 Å². The highest BCUT2D eigenvalue weighted by Crippen LogP contribution is 2.67. The number of allylic oxidation sites excluding steroid dienone is 1. The first-order valence-electron chi connectivity index (χ1n) is 12.1. The predicted octanol–water partition coefficient (Wildman–Crippen LogP) is 1.61. The molecule has 30 heavy (non-hydrogen) atoms. The van der Waals surface area contributed by atoms with Crippen LogP contribution in [0.2, 0.25) is 0 Å². The minimum absolute atomic E-state index is 0.0968. The molecule has 0 amide bonds. The predicted molar refractivity (Wildman–Crippen MR) is 106 cm³/mol. The van der Waals surface area contributed by atoms with Gasteiger partial charge in [0.15, 0.2) is 11.6 Å². The monoisotopic (exact) mass is 446 g/mol. The summed E-state index contributed by atoms with van der Waals surface area (Å²) in [6.45, 7) is 1.69. The van der Waals surface area contributed by atoms with E-state index in [0.717, 1.165) is 0 Å². The van der Waals surface area contributed by atoms with Crippen LogP contribution in [0, 0.1) is 28.6 Å². The van der Waals surface area contributed by atoms with Gasteiger partial charge in [0.1, 0.15) is 12.2 Å². The topological polar surface area (TPSA) is 138 Å². The molecule has 0 aromatic carbocycles. The van der Waals surface area contributed by atoms with Gasteiger partial charge in [-0.3, -0.25) is 14.1 Å². The third-order valence-corrected chi connectivity index (χ3v) is 8.36. The maximum Gasteiger partial charge on any atom is 0.397 e. The number of carbonyl (C=O) groups excluding carboxylic acids is 2. The minimum Gasteiger partial charge on any atom is -0.393 e. The van der Waals surface area contributed by atoms with Crippen molar-refractivity contribution in [2.75, 3.05) is 6.61 Å². The van der Waals surface area contributed by atoms with Gasteiger partial charge in [-0.15, -0.1) is 0 Å².